The van der Waals surface area contributed by atoms with Gasteiger partial charge in [0.1, 0.15) is 0 Å². The van der Waals surface area contributed by atoms with Crippen molar-refractivity contribution in [3.05, 3.63) is 40.1 Å². The number of hydrogen-bond donors (Lipinski definition) is 1. The van der Waals surface area contributed by atoms with Gasteiger partial charge in [0.15, 0.2) is 0 Å². The van der Waals surface area contributed by atoms with Gasteiger partial charge in [-0.05, 0) is 18.2 Å². The van der Waals surface area contributed by atoms with Crippen LogP contribution in [0.25, 0.3) is 5.69 Å². The second-order valence-corrected chi connectivity index (χ2v) is 4.16. The fourth-order valence-electron chi connectivity index (χ4n) is 1.31. The summed E-state index contributed by atoms with van der Waals surface area (Å²) < 4.78 is 1.40. The maximum atomic E-state index is 10.5. The first kappa shape index (κ1) is 11.9. The molecule has 1 aromatic carbocycles. The Labute approximate surface area is 107 Å². The molecule has 0 saturated heterocycles. The van der Waals surface area contributed by atoms with Crippen LogP contribution in [0.2, 0.25) is 10.0 Å². The highest BCUT2D eigenvalue weighted by molar-refractivity contribution is 6.34. The molecule has 88 valence electrons. The monoisotopic (exact) mass is 271 g/mol. The molecule has 1 heterocycles. The van der Waals surface area contributed by atoms with Crippen molar-refractivity contribution in [3.8, 4) is 5.69 Å². The summed E-state index contributed by atoms with van der Waals surface area (Å²) in [7, 11) is 0. The van der Waals surface area contributed by atoms with Crippen molar-refractivity contribution in [1.29, 1.82) is 0 Å². The lowest BCUT2D eigenvalue weighted by Gasteiger charge is -2.02. The smallest absolute Gasteiger partial charge is 0.309 e. The standard InChI is InChI=1S/C10H7Cl2N3O2/c11-6-1-2-8(12)9(3-6)15-5-7(13-14-15)4-10(16)17/h1-3,5H,4H2,(H,16,17). The highest BCUT2D eigenvalue weighted by atomic mass is 35.5. The molecule has 1 aromatic heterocycles. The molecule has 0 saturated carbocycles. The van der Waals surface area contributed by atoms with Crippen LogP contribution in [-0.4, -0.2) is 26.1 Å². The zero-order valence-electron chi connectivity index (χ0n) is 8.47. The second kappa shape index (κ2) is 4.73. The lowest BCUT2D eigenvalue weighted by Crippen LogP contribution is -2.00. The first-order valence-corrected chi connectivity index (χ1v) is 5.40. The molecule has 17 heavy (non-hydrogen) atoms. The third kappa shape index (κ3) is 2.75. The zero-order valence-corrected chi connectivity index (χ0v) is 9.98. The second-order valence-electron chi connectivity index (χ2n) is 3.32. The van der Waals surface area contributed by atoms with Crippen LogP contribution in [0, 0.1) is 0 Å². The van der Waals surface area contributed by atoms with Crippen LogP contribution in [0.5, 0.6) is 0 Å². The van der Waals surface area contributed by atoms with Crippen molar-refractivity contribution in [2.24, 2.45) is 0 Å². The zero-order chi connectivity index (χ0) is 12.4. The van der Waals surface area contributed by atoms with Crippen LogP contribution >= 0.6 is 23.2 Å². The Morgan fingerprint density at radius 3 is 2.88 bits per heavy atom. The lowest BCUT2D eigenvalue weighted by molar-refractivity contribution is -0.136. The van der Waals surface area contributed by atoms with E-state index in [1.54, 1.807) is 18.2 Å². The van der Waals surface area contributed by atoms with Gasteiger partial charge in [0.05, 0.1) is 29.0 Å². The molecule has 0 fully saturated rings. The van der Waals surface area contributed by atoms with Crippen LogP contribution < -0.4 is 0 Å². The van der Waals surface area contributed by atoms with E-state index in [1.807, 2.05) is 0 Å². The summed E-state index contributed by atoms with van der Waals surface area (Å²) in [5.41, 5.74) is 0.914. The molecule has 1 N–H and O–H groups in total. The molecule has 7 heteroatoms. The van der Waals surface area contributed by atoms with Crippen LogP contribution in [0.15, 0.2) is 24.4 Å². The number of carboxylic acids is 1. The number of nitrogens with zero attached hydrogens (tertiary/aromatic N) is 3. The van der Waals surface area contributed by atoms with Crippen LogP contribution in [-0.2, 0) is 11.2 Å². The van der Waals surface area contributed by atoms with Gasteiger partial charge in [-0.15, -0.1) is 5.10 Å². The van der Waals surface area contributed by atoms with E-state index in [4.69, 9.17) is 28.3 Å². The highest BCUT2D eigenvalue weighted by Gasteiger charge is 2.09. The van der Waals surface area contributed by atoms with Crippen LogP contribution in [0.4, 0.5) is 0 Å². The minimum absolute atomic E-state index is 0.182. The molecule has 0 atom stereocenters. The van der Waals surface area contributed by atoms with Gasteiger partial charge in [-0.25, -0.2) is 4.68 Å². The Balaban J connectivity index is 2.36. The molecule has 0 spiro atoms. The third-order valence-electron chi connectivity index (χ3n) is 2.03. The van der Waals surface area contributed by atoms with Gasteiger partial charge in [0.2, 0.25) is 0 Å². The average molecular weight is 272 g/mol. The molecule has 0 aliphatic heterocycles. The molecular formula is C10H7Cl2N3O2. The minimum Gasteiger partial charge on any atom is -0.481 e. The first-order chi connectivity index (χ1) is 8.06. The van der Waals surface area contributed by atoms with Gasteiger partial charge in [0.25, 0.3) is 0 Å². The lowest BCUT2D eigenvalue weighted by atomic mass is 10.3. The number of aromatic nitrogens is 3. The fraction of sp³-hybridized carbons (Fsp3) is 0.100. The molecule has 0 bridgehead atoms. The Morgan fingerprint density at radius 1 is 1.41 bits per heavy atom. The Morgan fingerprint density at radius 2 is 2.18 bits per heavy atom. The number of hydrogen-bond acceptors (Lipinski definition) is 3. The van der Waals surface area contributed by atoms with E-state index in [0.717, 1.165) is 0 Å². The number of carbonyl (C=O) groups is 1. The Hall–Kier alpha value is -1.59. The minimum atomic E-state index is -0.964. The van der Waals surface area contributed by atoms with Gasteiger partial charge in [-0.3, -0.25) is 4.79 Å². The van der Waals surface area contributed by atoms with Crippen molar-refractivity contribution in [1.82, 2.24) is 15.0 Å². The Kier molecular flexibility index (Phi) is 3.31. The van der Waals surface area contributed by atoms with E-state index in [9.17, 15) is 4.79 Å². The normalized spacial score (nSPS) is 10.5. The quantitative estimate of drug-likeness (QED) is 0.930. The van der Waals surface area contributed by atoms with E-state index in [-0.39, 0.29) is 6.42 Å². The van der Waals surface area contributed by atoms with E-state index in [2.05, 4.69) is 10.3 Å². The summed E-state index contributed by atoms with van der Waals surface area (Å²) in [5.74, 6) is -0.964. The van der Waals surface area contributed by atoms with Gasteiger partial charge < -0.3 is 5.11 Å². The summed E-state index contributed by atoms with van der Waals surface area (Å²) in [6.07, 6.45) is 1.32. The third-order valence-corrected chi connectivity index (χ3v) is 2.58. The summed E-state index contributed by atoms with van der Waals surface area (Å²) >= 11 is 11.8. The number of aliphatic carboxylic acids is 1. The molecule has 0 amide bonds. The van der Waals surface area contributed by atoms with E-state index in [0.29, 0.717) is 21.4 Å². The van der Waals surface area contributed by atoms with Crippen molar-refractivity contribution in [3.63, 3.8) is 0 Å². The van der Waals surface area contributed by atoms with Crippen molar-refractivity contribution < 1.29 is 9.90 Å². The topological polar surface area (TPSA) is 68.0 Å². The van der Waals surface area contributed by atoms with Crippen molar-refractivity contribution >= 4 is 29.2 Å². The number of halogens is 2. The maximum absolute atomic E-state index is 10.5. The molecule has 5 nitrogen and oxygen atoms in total. The summed E-state index contributed by atoms with van der Waals surface area (Å²) in [6, 6.07) is 4.92. The predicted molar refractivity (Wildman–Crippen MR) is 62.7 cm³/mol. The van der Waals surface area contributed by atoms with Gasteiger partial charge in [0, 0.05) is 5.02 Å². The molecule has 0 unspecified atom stereocenters. The van der Waals surface area contributed by atoms with E-state index < -0.39 is 5.97 Å². The average Bonchev–Trinajstić information content (AvgIpc) is 2.69. The highest BCUT2D eigenvalue weighted by Crippen LogP contribution is 2.23. The van der Waals surface area contributed by atoms with Crippen molar-refractivity contribution in [2.75, 3.05) is 0 Å². The summed E-state index contributed by atoms with van der Waals surface area (Å²) in [6.45, 7) is 0. The van der Waals surface area contributed by atoms with Crippen LogP contribution in [0.3, 0.4) is 0 Å². The maximum Gasteiger partial charge on any atom is 0.309 e. The summed E-state index contributed by atoms with van der Waals surface area (Å²) in [4.78, 5) is 10.5. The molecule has 2 rings (SSSR count). The Bertz CT molecular complexity index is 568. The van der Waals surface area contributed by atoms with Gasteiger partial charge in [-0.2, -0.15) is 0 Å². The summed E-state index contributed by atoms with van der Waals surface area (Å²) in [5, 5.41) is 17.1. The molecule has 2 aromatic rings. The largest absolute Gasteiger partial charge is 0.481 e. The van der Waals surface area contributed by atoms with Gasteiger partial charge in [-0.1, -0.05) is 28.4 Å². The number of rotatable bonds is 3. The van der Waals surface area contributed by atoms with Gasteiger partial charge >= 0.3 is 5.97 Å². The predicted octanol–water partition coefficient (Wildman–Crippen LogP) is 2.20. The molecule has 0 radical (unpaired) electrons. The van der Waals surface area contributed by atoms with Crippen molar-refractivity contribution in [2.45, 2.75) is 6.42 Å². The van der Waals surface area contributed by atoms with E-state index in [1.165, 1.54) is 10.9 Å². The molecule has 0 aliphatic rings. The SMILES string of the molecule is O=C(O)Cc1cn(-c2cc(Cl)ccc2Cl)nn1. The fourth-order valence-corrected chi connectivity index (χ4v) is 1.68. The number of benzene rings is 1. The number of carboxylic acid groups (broad SMARTS) is 1. The van der Waals surface area contributed by atoms with E-state index >= 15 is 0 Å². The molecular weight excluding hydrogens is 265 g/mol. The first-order valence-electron chi connectivity index (χ1n) is 4.64. The van der Waals surface area contributed by atoms with Crippen LogP contribution in [0.1, 0.15) is 5.69 Å². The molecule has 0 aliphatic carbocycles.